The van der Waals surface area contributed by atoms with Crippen molar-refractivity contribution in [3.8, 4) is 0 Å². The Hall–Kier alpha value is -0.420. The first-order valence-corrected chi connectivity index (χ1v) is 8.12. The second-order valence-electron chi connectivity index (χ2n) is 4.21. The van der Waals surface area contributed by atoms with Crippen molar-refractivity contribution in [3.63, 3.8) is 0 Å². The van der Waals surface area contributed by atoms with Gasteiger partial charge >= 0.3 is 0 Å². The van der Waals surface area contributed by atoms with Crippen LogP contribution in [0.25, 0.3) is 0 Å². The third-order valence-electron chi connectivity index (χ3n) is 2.91. The lowest BCUT2D eigenvalue weighted by Crippen LogP contribution is -2.24. The summed E-state index contributed by atoms with van der Waals surface area (Å²) in [5.74, 6) is -0.350. The SMILES string of the molecule is CCNC(Cc1ccsc1)c1ccc(Br)c(Cl)c1F. The van der Waals surface area contributed by atoms with Gasteiger partial charge in [0.1, 0.15) is 5.82 Å². The molecule has 1 unspecified atom stereocenters. The Balaban J connectivity index is 2.31. The van der Waals surface area contributed by atoms with Crippen LogP contribution >= 0.6 is 38.9 Å². The fourth-order valence-corrected chi connectivity index (χ4v) is 3.15. The topological polar surface area (TPSA) is 12.0 Å². The molecule has 2 aromatic rings. The summed E-state index contributed by atoms with van der Waals surface area (Å²) in [5.41, 5.74) is 1.82. The van der Waals surface area contributed by atoms with Crippen LogP contribution in [0.5, 0.6) is 0 Å². The van der Waals surface area contributed by atoms with Crippen molar-refractivity contribution in [2.75, 3.05) is 6.54 Å². The van der Waals surface area contributed by atoms with Gasteiger partial charge in [-0.1, -0.05) is 24.6 Å². The minimum Gasteiger partial charge on any atom is -0.310 e. The van der Waals surface area contributed by atoms with Gasteiger partial charge in [0.15, 0.2) is 0 Å². The van der Waals surface area contributed by atoms with Crippen molar-refractivity contribution in [3.05, 3.63) is 55.4 Å². The Morgan fingerprint density at radius 1 is 1.42 bits per heavy atom. The lowest BCUT2D eigenvalue weighted by atomic mass is 10.00. The lowest BCUT2D eigenvalue weighted by molar-refractivity contribution is 0.510. The van der Waals surface area contributed by atoms with Crippen molar-refractivity contribution in [2.45, 2.75) is 19.4 Å². The number of nitrogens with one attached hydrogen (secondary N) is 1. The summed E-state index contributed by atoms with van der Waals surface area (Å²) in [4.78, 5) is 0. The zero-order valence-corrected chi connectivity index (χ0v) is 13.6. The molecule has 1 atom stereocenters. The number of benzene rings is 1. The molecule has 5 heteroatoms. The molecule has 1 nitrogen and oxygen atoms in total. The van der Waals surface area contributed by atoms with E-state index in [0.29, 0.717) is 10.0 Å². The molecule has 102 valence electrons. The Kier molecular flexibility index (Phi) is 5.39. The van der Waals surface area contributed by atoms with E-state index in [1.807, 2.05) is 12.3 Å². The second-order valence-corrected chi connectivity index (χ2v) is 6.22. The first-order chi connectivity index (χ1) is 9.13. The summed E-state index contributed by atoms with van der Waals surface area (Å²) in [6.45, 7) is 2.79. The summed E-state index contributed by atoms with van der Waals surface area (Å²) in [6.07, 6.45) is 0.756. The highest BCUT2D eigenvalue weighted by atomic mass is 79.9. The van der Waals surface area contributed by atoms with Gasteiger partial charge in [0.2, 0.25) is 0 Å². The monoisotopic (exact) mass is 361 g/mol. The zero-order valence-electron chi connectivity index (χ0n) is 10.4. The van der Waals surface area contributed by atoms with E-state index >= 15 is 0 Å². The maximum absolute atomic E-state index is 14.3. The number of rotatable bonds is 5. The molecular formula is C14H14BrClFNS. The molecular weight excluding hydrogens is 349 g/mol. The summed E-state index contributed by atoms with van der Waals surface area (Å²) < 4.78 is 14.8. The molecule has 0 aliphatic heterocycles. The van der Waals surface area contributed by atoms with E-state index in [1.54, 1.807) is 23.5 Å². The van der Waals surface area contributed by atoms with Crippen molar-refractivity contribution >= 4 is 38.9 Å². The van der Waals surface area contributed by atoms with Gasteiger partial charge in [-0.3, -0.25) is 0 Å². The molecule has 0 aliphatic carbocycles. The van der Waals surface area contributed by atoms with Crippen LogP contribution < -0.4 is 5.32 Å². The quantitative estimate of drug-likeness (QED) is 0.721. The Bertz CT molecular complexity index is 545. The smallest absolute Gasteiger partial charge is 0.147 e. The third-order valence-corrected chi connectivity index (χ3v) is 4.90. The average molecular weight is 363 g/mol. The Morgan fingerprint density at radius 2 is 2.21 bits per heavy atom. The maximum Gasteiger partial charge on any atom is 0.147 e. The van der Waals surface area contributed by atoms with Gasteiger partial charge in [0.05, 0.1) is 5.02 Å². The first kappa shape index (κ1) is 15.0. The van der Waals surface area contributed by atoms with E-state index in [2.05, 4.69) is 32.7 Å². The number of hydrogen-bond acceptors (Lipinski definition) is 2. The van der Waals surface area contributed by atoms with E-state index < -0.39 is 0 Å². The van der Waals surface area contributed by atoms with Crippen LogP contribution in [-0.2, 0) is 6.42 Å². The van der Waals surface area contributed by atoms with Crippen molar-refractivity contribution in [1.29, 1.82) is 0 Å². The molecule has 1 heterocycles. The van der Waals surface area contributed by atoms with Crippen molar-refractivity contribution in [2.24, 2.45) is 0 Å². The standard InChI is InChI=1S/C14H14BrClFNS/c1-2-18-12(7-9-5-6-19-8-9)10-3-4-11(15)13(16)14(10)17/h3-6,8,12,18H,2,7H2,1H3. The van der Waals surface area contributed by atoms with Gasteiger partial charge in [-0.25, -0.2) is 4.39 Å². The molecule has 19 heavy (non-hydrogen) atoms. The summed E-state index contributed by atoms with van der Waals surface area (Å²) in [5, 5.41) is 7.58. The van der Waals surface area contributed by atoms with Crippen LogP contribution in [0.15, 0.2) is 33.4 Å². The molecule has 0 spiro atoms. The number of hydrogen-bond donors (Lipinski definition) is 1. The lowest BCUT2D eigenvalue weighted by Gasteiger charge is -2.19. The molecule has 0 radical (unpaired) electrons. The fraction of sp³-hybridized carbons (Fsp3) is 0.286. The largest absolute Gasteiger partial charge is 0.310 e. The van der Waals surface area contributed by atoms with Gasteiger partial charge in [-0.15, -0.1) is 0 Å². The third kappa shape index (κ3) is 3.57. The molecule has 0 amide bonds. The number of thiophene rings is 1. The number of likely N-dealkylation sites (N-methyl/N-ethyl adjacent to an activating group) is 1. The van der Waals surface area contributed by atoms with Crippen LogP contribution in [0.3, 0.4) is 0 Å². The molecule has 0 aliphatic rings. The summed E-state index contributed by atoms with van der Waals surface area (Å²) in [7, 11) is 0. The highest BCUT2D eigenvalue weighted by molar-refractivity contribution is 9.10. The van der Waals surface area contributed by atoms with Crippen molar-refractivity contribution in [1.82, 2.24) is 5.32 Å². The minimum atomic E-state index is -0.350. The second kappa shape index (κ2) is 6.84. The highest BCUT2D eigenvalue weighted by Gasteiger charge is 2.19. The van der Waals surface area contributed by atoms with Crippen LogP contribution in [0.1, 0.15) is 24.1 Å². The van der Waals surface area contributed by atoms with E-state index in [4.69, 9.17) is 11.6 Å². The molecule has 1 aromatic heterocycles. The van der Waals surface area contributed by atoms with E-state index in [0.717, 1.165) is 13.0 Å². The zero-order chi connectivity index (χ0) is 13.8. The van der Waals surface area contributed by atoms with Crippen LogP contribution in [-0.4, -0.2) is 6.54 Å². The molecule has 0 fully saturated rings. The van der Waals surface area contributed by atoms with Gasteiger partial charge in [0, 0.05) is 16.1 Å². The highest BCUT2D eigenvalue weighted by Crippen LogP contribution is 2.31. The predicted octanol–water partition coefficient (Wildman–Crippen LogP) is 5.20. The first-order valence-electron chi connectivity index (χ1n) is 6.01. The summed E-state index contributed by atoms with van der Waals surface area (Å²) >= 11 is 10.8. The number of halogens is 3. The van der Waals surface area contributed by atoms with Crippen LogP contribution in [0.4, 0.5) is 4.39 Å². The van der Waals surface area contributed by atoms with Gasteiger partial charge in [0.25, 0.3) is 0 Å². The Morgan fingerprint density at radius 3 is 2.84 bits per heavy atom. The summed E-state index contributed by atoms with van der Waals surface area (Å²) in [6, 6.07) is 5.57. The Labute approximate surface area is 129 Å². The van der Waals surface area contributed by atoms with E-state index in [1.165, 1.54) is 5.56 Å². The minimum absolute atomic E-state index is 0.0646. The van der Waals surface area contributed by atoms with E-state index in [9.17, 15) is 4.39 Å². The predicted molar refractivity (Wildman–Crippen MR) is 83.6 cm³/mol. The van der Waals surface area contributed by atoms with Gasteiger partial charge < -0.3 is 5.32 Å². The van der Waals surface area contributed by atoms with E-state index in [-0.39, 0.29) is 16.9 Å². The van der Waals surface area contributed by atoms with Gasteiger partial charge in [-0.2, -0.15) is 11.3 Å². The molecule has 1 aromatic carbocycles. The average Bonchev–Trinajstić information content (AvgIpc) is 2.89. The fourth-order valence-electron chi connectivity index (χ4n) is 1.99. The van der Waals surface area contributed by atoms with Crippen LogP contribution in [0.2, 0.25) is 5.02 Å². The maximum atomic E-state index is 14.3. The van der Waals surface area contributed by atoms with Crippen LogP contribution in [0, 0.1) is 5.82 Å². The van der Waals surface area contributed by atoms with Gasteiger partial charge in [-0.05, 0) is 57.4 Å². The molecule has 0 saturated heterocycles. The molecule has 2 rings (SSSR count). The molecule has 1 N–H and O–H groups in total. The molecule has 0 bridgehead atoms. The normalized spacial score (nSPS) is 12.6. The molecule has 0 saturated carbocycles. The van der Waals surface area contributed by atoms with Crippen molar-refractivity contribution < 1.29 is 4.39 Å².